The predicted molar refractivity (Wildman–Crippen MR) is 82.9 cm³/mol. The lowest BCUT2D eigenvalue weighted by Gasteiger charge is -2.26. The lowest BCUT2D eigenvalue weighted by atomic mass is 10.3. The molecule has 1 aromatic rings. The lowest BCUT2D eigenvalue weighted by molar-refractivity contribution is 0.0376. The van der Waals surface area contributed by atoms with E-state index in [1.54, 1.807) is 6.07 Å². The highest BCUT2D eigenvalue weighted by molar-refractivity contribution is 7.89. The summed E-state index contributed by atoms with van der Waals surface area (Å²) in [5, 5.41) is 0.345. The van der Waals surface area contributed by atoms with Crippen LogP contribution in [0.15, 0.2) is 23.1 Å². The second-order valence-electron chi connectivity index (χ2n) is 4.89. The molecule has 1 aliphatic rings. The third-order valence-electron chi connectivity index (χ3n) is 3.31. The summed E-state index contributed by atoms with van der Waals surface area (Å²) in [5.74, 6) is 0. The van der Waals surface area contributed by atoms with Crippen LogP contribution in [0, 0.1) is 0 Å². The van der Waals surface area contributed by atoms with Crippen molar-refractivity contribution in [1.82, 2.24) is 9.62 Å². The van der Waals surface area contributed by atoms with E-state index in [1.807, 2.05) is 0 Å². The van der Waals surface area contributed by atoms with Gasteiger partial charge in [0.25, 0.3) is 0 Å². The molecule has 8 heteroatoms. The number of nitrogens with one attached hydrogen (secondary N) is 1. The molecule has 0 unspecified atom stereocenters. The first kappa shape index (κ1) is 16.5. The quantitative estimate of drug-likeness (QED) is 0.597. The van der Waals surface area contributed by atoms with Crippen molar-refractivity contribution in [3.8, 4) is 0 Å². The van der Waals surface area contributed by atoms with Gasteiger partial charge in [-0.15, -0.1) is 0 Å². The van der Waals surface area contributed by atoms with E-state index >= 15 is 0 Å². The lowest BCUT2D eigenvalue weighted by Crippen LogP contribution is -2.38. The average molecular weight is 334 g/mol. The third kappa shape index (κ3) is 4.82. The molecule has 0 aromatic heterocycles. The summed E-state index contributed by atoms with van der Waals surface area (Å²) in [6.07, 6.45) is 0.736. The zero-order valence-electron chi connectivity index (χ0n) is 11.7. The molecular formula is C13H20ClN3O3S. The molecule has 0 saturated carbocycles. The van der Waals surface area contributed by atoms with Gasteiger partial charge in [0.2, 0.25) is 10.0 Å². The van der Waals surface area contributed by atoms with Gasteiger partial charge < -0.3 is 10.5 Å². The van der Waals surface area contributed by atoms with Crippen LogP contribution in [0.1, 0.15) is 6.42 Å². The Hall–Kier alpha value is -0.860. The number of sulfonamides is 1. The summed E-state index contributed by atoms with van der Waals surface area (Å²) in [5.41, 5.74) is 5.89. The van der Waals surface area contributed by atoms with Gasteiger partial charge in [-0.3, -0.25) is 4.90 Å². The molecule has 1 fully saturated rings. The second kappa shape index (κ2) is 7.42. The molecule has 118 valence electrons. The summed E-state index contributed by atoms with van der Waals surface area (Å²) in [6.45, 7) is 4.49. The molecule has 0 atom stereocenters. The maximum Gasteiger partial charge on any atom is 0.242 e. The molecule has 1 aromatic carbocycles. The van der Waals surface area contributed by atoms with Gasteiger partial charge in [0, 0.05) is 24.7 Å². The zero-order chi connectivity index (χ0) is 15.3. The number of morpholine rings is 1. The fourth-order valence-electron chi connectivity index (χ4n) is 2.15. The van der Waals surface area contributed by atoms with E-state index < -0.39 is 10.0 Å². The number of hydrogen-bond donors (Lipinski definition) is 2. The Morgan fingerprint density at radius 1 is 1.33 bits per heavy atom. The number of nitrogen functional groups attached to an aromatic ring is 1. The average Bonchev–Trinajstić information content (AvgIpc) is 2.47. The van der Waals surface area contributed by atoms with Gasteiger partial charge in [0.05, 0.1) is 18.9 Å². The minimum absolute atomic E-state index is 0.0290. The minimum Gasteiger partial charge on any atom is -0.398 e. The number of rotatable bonds is 6. The smallest absolute Gasteiger partial charge is 0.242 e. The van der Waals surface area contributed by atoms with Crippen molar-refractivity contribution in [2.45, 2.75) is 11.3 Å². The molecule has 1 heterocycles. The fraction of sp³-hybridized carbons (Fsp3) is 0.538. The van der Waals surface area contributed by atoms with Gasteiger partial charge in [-0.2, -0.15) is 0 Å². The molecule has 0 spiro atoms. The summed E-state index contributed by atoms with van der Waals surface area (Å²) in [7, 11) is -3.62. The van der Waals surface area contributed by atoms with Crippen LogP contribution in [0.3, 0.4) is 0 Å². The Labute approximate surface area is 130 Å². The SMILES string of the molecule is Nc1ccc(Cl)cc1S(=O)(=O)NCCCN1CCOCC1. The van der Waals surface area contributed by atoms with Crippen LogP contribution < -0.4 is 10.5 Å². The Morgan fingerprint density at radius 2 is 2.05 bits per heavy atom. The van der Waals surface area contributed by atoms with Crippen molar-refractivity contribution >= 4 is 27.3 Å². The first-order chi connectivity index (χ1) is 9.99. The highest BCUT2D eigenvalue weighted by Crippen LogP contribution is 2.22. The second-order valence-corrected chi connectivity index (χ2v) is 7.06. The summed E-state index contributed by atoms with van der Waals surface area (Å²) < 4.78 is 32.2. The summed E-state index contributed by atoms with van der Waals surface area (Å²) >= 11 is 5.82. The van der Waals surface area contributed by atoms with E-state index in [9.17, 15) is 8.42 Å². The fourth-order valence-corrected chi connectivity index (χ4v) is 3.62. The zero-order valence-corrected chi connectivity index (χ0v) is 13.3. The highest BCUT2D eigenvalue weighted by atomic mass is 35.5. The van der Waals surface area contributed by atoms with Crippen LogP contribution in [-0.4, -0.2) is 52.7 Å². The van der Waals surface area contributed by atoms with Crippen molar-refractivity contribution in [2.24, 2.45) is 0 Å². The normalized spacial score (nSPS) is 17.0. The van der Waals surface area contributed by atoms with Gasteiger partial charge >= 0.3 is 0 Å². The summed E-state index contributed by atoms with van der Waals surface area (Å²) in [6, 6.07) is 4.42. The third-order valence-corrected chi connectivity index (χ3v) is 5.06. The standard InChI is InChI=1S/C13H20ClN3O3S/c14-11-2-3-12(15)13(10-11)21(18,19)16-4-1-5-17-6-8-20-9-7-17/h2-3,10,16H,1,4-9,15H2. The molecule has 1 saturated heterocycles. The van der Waals surface area contributed by atoms with Crippen molar-refractivity contribution in [2.75, 3.05) is 45.1 Å². The molecule has 2 rings (SSSR count). The molecule has 1 aliphatic heterocycles. The van der Waals surface area contributed by atoms with Crippen LogP contribution in [0.25, 0.3) is 0 Å². The van der Waals surface area contributed by atoms with Crippen molar-refractivity contribution in [3.63, 3.8) is 0 Å². The first-order valence-electron chi connectivity index (χ1n) is 6.84. The summed E-state index contributed by atoms with van der Waals surface area (Å²) in [4.78, 5) is 2.28. The monoisotopic (exact) mass is 333 g/mol. The van der Waals surface area contributed by atoms with Crippen LogP contribution in [0.5, 0.6) is 0 Å². The van der Waals surface area contributed by atoms with E-state index in [4.69, 9.17) is 22.1 Å². The van der Waals surface area contributed by atoms with E-state index in [0.717, 1.165) is 39.3 Å². The van der Waals surface area contributed by atoms with Crippen LogP contribution in [0.2, 0.25) is 5.02 Å². The molecular weight excluding hydrogens is 314 g/mol. The van der Waals surface area contributed by atoms with Gasteiger partial charge in [-0.05, 0) is 31.2 Å². The molecule has 0 bridgehead atoms. The van der Waals surface area contributed by atoms with Crippen molar-refractivity contribution in [3.05, 3.63) is 23.2 Å². The van der Waals surface area contributed by atoms with Crippen molar-refractivity contribution in [1.29, 1.82) is 0 Å². The number of nitrogens with zero attached hydrogens (tertiary/aromatic N) is 1. The minimum atomic E-state index is -3.62. The molecule has 0 amide bonds. The topological polar surface area (TPSA) is 84.7 Å². The Balaban J connectivity index is 1.85. The predicted octanol–water partition coefficient (Wildman–Crippen LogP) is 0.923. The van der Waals surface area contributed by atoms with E-state index in [2.05, 4.69) is 9.62 Å². The molecule has 6 nitrogen and oxygen atoms in total. The van der Waals surface area contributed by atoms with Gasteiger partial charge in [0.15, 0.2) is 0 Å². The largest absolute Gasteiger partial charge is 0.398 e. The van der Waals surface area contributed by atoms with E-state index in [0.29, 0.717) is 11.6 Å². The number of halogens is 1. The number of hydrogen-bond acceptors (Lipinski definition) is 5. The number of nitrogens with two attached hydrogens (primary N) is 1. The Bertz CT molecular complexity index is 574. The number of anilines is 1. The van der Waals surface area contributed by atoms with Crippen LogP contribution >= 0.6 is 11.6 Å². The van der Waals surface area contributed by atoms with Gasteiger partial charge in [0.1, 0.15) is 4.90 Å². The Morgan fingerprint density at radius 3 is 2.76 bits per heavy atom. The number of ether oxygens (including phenoxy) is 1. The molecule has 21 heavy (non-hydrogen) atoms. The van der Waals surface area contributed by atoms with Crippen LogP contribution in [-0.2, 0) is 14.8 Å². The number of benzene rings is 1. The molecule has 3 N–H and O–H groups in total. The van der Waals surface area contributed by atoms with Crippen molar-refractivity contribution < 1.29 is 13.2 Å². The van der Waals surface area contributed by atoms with Gasteiger partial charge in [-0.1, -0.05) is 11.6 Å². The first-order valence-corrected chi connectivity index (χ1v) is 8.70. The highest BCUT2D eigenvalue weighted by Gasteiger charge is 2.17. The van der Waals surface area contributed by atoms with Gasteiger partial charge in [-0.25, -0.2) is 13.1 Å². The maximum absolute atomic E-state index is 12.2. The molecule has 0 aliphatic carbocycles. The van der Waals surface area contributed by atoms with E-state index in [-0.39, 0.29) is 10.6 Å². The molecule has 0 radical (unpaired) electrons. The van der Waals surface area contributed by atoms with Crippen LogP contribution in [0.4, 0.5) is 5.69 Å². The maximum atomic E-state index is 12.2. The van der Waals surface area contributed by atoms with E-state index in [1.165, 1.54) is 12.1 Å². The Kier molecular flexibility index (Phi) is 5.83.